The van der Waals surface area contributed by atoms with Gasteiger partial charge in [0.25, 0.3) is 0 Å². The van der Waals surface area contributed by atoms with Crippen LogP contribution in [0.4, 0.5) is 10.3 Å². The standard InChI is InChI=1S/C13H16FN3O3S/c1-8(7-21(3,19)20)12(18)16-13-15-10-6-9(14)4-5-11(10)17(13)2/h4-6,8H,7H2,1-3H3,(H,15,16,18)/t8-/m1/s1. The highest BCUT2D eigenvalue weighted by Gasteiger charge is 2.20. The molecular weight excluding hydrogens is 297 g/mol. The van der Waals surface area contributed by atoms with Crippen LogP contribution in [0.5, 0.6) is 0 Å². The zero-order valence-corrected chi connectivity index (χ0v) is 12.7. The third-order valence-corrected chi connectivity index (χ3v) is 4.18. The van der Waals surface area contributed by atoms with Gasteiger partial charge in [-0.25, -0.2) is 17.8 Å². The fraction of sp³-hybridized carbons (Fsp3) is 0.385. The molecule has 0 spiro atoms. The molecule has 2 aromatic rings. The number of sulfone groups is 1. The van der Waals surface area contributed by atoms with Gasteiger partial charge in [0.05, 0.1) is 16.8 Å². The number of benzene rings is 1. The summed E-state index contributed by atoms with van der Waals surface area (Å²) in [5, 5.41) is 2.57. The summed E-state index contributed by atoms with van der Waals surface area (Å²) in [6, 6.07) is 4.14. The molecule has 1 amide bonds. The molecule has 1 N–H and O–H groups in total. The van der Waals surface area contributed by atoms with E-state index in [4.69, 9.17) is 0 Å². The maximum atomic E-state index is 13.2. The fourth-order valence-corrected chi connectivity index (χ4v) is 3.11. The Hall–Kier alpha value is -1.96. The number of carbonyl (C=O) groups excluding carboxylic acids is 1. The van der Waals surface area contributed by atoms with Crippen LogP contribution < -0.4 is 5.32 Å². The summed E-state index contributed by atoms with van der Waals surface area (Å²) in [7, 11) is -1.55. The molecule has 8 heteroatoms. The molecule has 0 aliphatic rings. The van der Waals surface area contributed by atoms with Crippen molar-refractivity contribution in [1.82, 2.24) is 9.55 Å². The Morgan fingerprint density at radius 2 is 2.14 bits per heavy atom. The maximum absolute atomic E-state index is 13.2. The molecule has 114 valence electrons. The number of anilines is 1. The van der Waals surface area contributed by atoms with Gasteiger partial charge in [0.2, 0.25) is 11.9 Å². The van der Waals surface area contributed by atoms with Gasteiger partial charge in [-0.3, -0.25) is 10.1 Å². The zero-order valence-electron chi connectivity index (χ0n) is 11.9. The number of hydrogen-bond donors (Lipinski definition) is 1. The molecule has 0 radical (unpaired) electrons. The maximum Gasteiger partial charge on any atom is 0.230 e. The number of nitrogens with one attached hydrogen (secondary N) is 1. The summed E-state index contributed by atoms with van der Waals surface area (Å²) >= 11 is 0. The number of halogens is 1. The van der Waals surface area contributed by atoms with Crippen molar-refractivity contribution in [1.29, 1.82) is 0 Å². The summed E-state index contributed by atoms with van der Waals surface area (Å²) in [6.45, 7) is 1.53. The van der Waals surface area contributed by atoms with Crippen molar-refractivity contribution in [2.24, 2.45) is 13.0 Å². The molecule has 0 unspecified atom stereocenters. The topological polar surface area (TPSA) is 81.1 Å². The lowest BCUT2D eigenvalue weighted by Crippen LogP contribution is -2.27. The highest BCUT2D eigenvalue weighted by molar-refractivity contribution is 7.90. The van der Waals surface area contributed by atoms with E-state index in [2.05, 4.69) is 10.3 Å². The molecule has 2 rings (SSSR count). The van der Waals surface area contributed by atoms with Gasteiger partial charge < -0.3 is 4.57 Å². The number of amides is 1. The van der Waals surface area contributed by atoms with Crippen LogP contribution in [-0.4, -0.2) is 35.9 Å². The first kappa shape index (κ1) is 15.4. The summed E-state index contributed by atoms with van der Waals surface area (Å²) in [5.41, 5.74) is 1.09. The monoisotopic (exact) mass is 313 g/mol. The predicted molar refractivity (Wildman–Crippen MR) is 78.2 cm³/mol. The van der Waals surface area contributed by atoms with E-state index in [9.17, 15) is 17.6 Å². The Morgan fingerprint density at radius 3 is 2.76 bits per heavy atom. The minimum atomic E-state index is -3.24. The number of carbonyl (C=O) groups is 1. The molecule has 6 nitrogen and oxygen atoms in total. The first-order chi connectivity index (χ1) is 9.67. The molecule has 0 aliphatic heterocycles. The largest absolute Gasteiger partial charge is 0.313 e. The molecule has 1 atom stereocenters. The average Bonchev–Trinajstić information content (AvgIpc) is 2.63. The normalized spacial score (nSPS) is 13.3. The van der Waals surface area contributed by atoms with E-state index >= 15 is 0 Å². The number of aryl methyl sites for hydroxylation is 1. The second kappa shape index (κ2) is 5.44. The second-order valence-corrected chi connectivity index (χ2v) is 7.30. The Bertz CT molecular complexity index is 798. The lowest BCUT2D eigenvalue weighted by molar-refractivity contribution is -0.118. The average molecular weight is 313 g/mol. The number of nitrogens with zero attached hydrogens (tertiary/aromatic N) is 2. The Kier molecular flexibility index (Phi) is 3.99. The summed E-state index contributed by atoms with van der Waals surface area (Å²) in [4.78, 5) is 16.1. The molecule has 1 aromatic carbocycles. The van der Waals surface area contributed by atoms with E-state index in [0.29, 0.717) is 11.0 Å². The zero-order chi connectivity index (χ0) is 15.8. The number of fused-ring (bicyclic) bond motifs is 1. The summed E-state index contributed by atoms with van der Waals surface area (Å²) in [6.07, 6.45) is 1.08. The molecule has 0 bridgehead atoms. The minimum absolute atomic E-state index is 0.239. The third kappa shape index (κ3) is 3.57. The highest BCUT2D eigenvalue weighted by atomic mass is 32.2. The fourth-order valence-electron chi connectivity index (χ4n) is 2.05. The van der Waals surface area contributed by atoms with Crippen molar-refractivity contribution in [2.75, 3.05) is 17.3 Å². The molecule has 0 saturated carbocycles. The van der Waals surface area contributed by atoms with Crippen molar-refractivity contribution in [3.05, 3.63) is 24.0 Å². The van der Waals surface area contributed by atoms with Gasteiger partial charge in [-0.2, -0.15) is 0 Å². The van der Waals surface area contributed by atoms with Crippen LogP contribution in [0.25, 0.3) is 11.0 Å². The molecule has 1 aromatic heterocycles. The van der Waals surface area contributed by atoms with Gasteiger partial charge in [0.1, 0.15) is 15.7 Å². The molecular formula is C13H16FN3O3S. The molecule has 0 saturated heterocycles. The predicted octanol–water partition coefficient (Wildman–Crippen LogP) is 1.33. The van der Waals surface area contributed by atoms with Crippen molar-refractivity contribution < 1.29 is 17.6 Å². The Balaban J connectivity index is 2.23. The van der Waals surface area contributed by atoms with Gasteiger partial charge >= 0.3 is 0 Å². The van der Waals surface area contributed by atoms with E-state index in [1.54, 1.807) is 17.7 Å². The van der Waals surface area contributed by atoms with Gasteiger partial charge in [0, 0.05) is 25.3 Å². The third-order valence-electron chi connectivity index (χ3n) is 3.08. The van der Waals surface area contributed by atoms with Crippen LogP contribution in [0.3, 0.4) is 0 Å². The quantitative estimate of drug-likeness (QED) is 0.923. The molecule has 1 heterocycles. The van der Waals surface area contributed by atoms with Crippen molar-refractivity contribution in [2.45, 2.75) is 6.92 Å². The Morgan fingerprint density at radius 1 is 1.48 bits per heavy atom. The second-order valence-electron chi connectivity index (χ2n) is 5.11. The van der Waals surface area contributed by atoms with Gasteiger partial charge in [-0.05, 0) is 12.1 Å². The summed E-state index contributed by atoms with van der Waals surface area (Å²) < 4.78 is 37.2. The van der Waals surface area contributed by atoms with Gasteiger partial charge in [-0.15, -0.1) is 0 Å². The number of hydrogen-bond acceptors (Lipinski definition) is 4. The van der Waals surface area contributed by atoms with Crippen LogP contribution in [0.15, 0.2) is 18.2 Å². The molecule has 0 aliphatic carbocycles. The van der Waals surface area contributed by atoms with Crippen molar-refractivity contribution >= 4 is 32.7 Å². The van der Waals surface area contributed by atoms with Crippen molar-refractivity contribution in [3.8, 4) is 0 Å². The SMILES string of the molecule is C[C@H](CS(C)(=O)=O)C(=O)Nc1nc2cc(F)ccc2n1C. The summed E-state index contributed by atoms with van der Waals surface area (Å²) in [5.74, 6) is -1.54. The van der Waals surface area contributed by atoms with E-state index in [0.717, 1.165) is 6.26 Å². The van der Waals surface area contributed by atoms with Crippen molar-refractivity contribution in [3.63, 3.8) is 0 Å². The molecule has 21 heavy (non-hydrogen) atoms. The Labute approximate surface area is 121 Å². The van der Waals surface area contributed by atoms with E-state index < -0.39 is 27.5 Å². The van der Waals surface area contributed by atoms with Crippen LogP contribution in [0.2, 0.25) is 0 Å². The van der Waals surface area contributed by atoms with Crippen LogP contribution in [0, 0.1) is 11.7 Å². The first-order valence-electron chi connectivity index (χ1n) is 6.28. The lowest BCUT2D eigenvalue weighted by atomic mass is 10.2. The number of aromatic nitrogens is 2. The van der Waals surface area contributed by atoms with Crippen LogP contribution in [-0.2, 0) is 21.7 Å². The van der Waals surface area contributed by atoms with Gasteiger partial charge in [-0.1, -0.05) is 6.92 Å². The van der Waals surface area contributed by atoms with Crippen LogP contribution >= 0.6 is 0 Å². The smallest absolute Gasteiger partial charge is 0.230 e. The first-order valence-corrected chi connectivity index (χ1v) is 8.34. The molecule has 0 fully saturated rings. The number of imidazole rings is 1. The number of rotatable bonds is 4. The van der Waals surface area contributed by atoms with E-state index in [1.165, 1.54) is 19.1 Å². The lowest BCUT2D eigenvalue weighted by Gasteiger charge is -2.10. The van der Waals surface area contributed by atoms with Gasteiger partial charge in [0.15, 0.2) is 0 Å². The van der Waals surface area contributed by atoms with E-state index in [-0.39, 0.29) is 11.7 Å². The highest BCUT2D eigenvalue weighted by Crippen LogP contribution is 2.19. The minimum Gasteiger partial charge on any atom is -0.313 e. The van der Waals surface area contributed by atoms with Crippen LogP contribution in [0.1, 0.15) is 6.92 Å². The van der Waals surface area contributed by atoms with E-state index in [1.807, 2.05) is 0 Å².